The molecule has 1 aromatic rings. The number of rotatable bonds is 5. The van der Waals surface area contributed by atoms with E-state index in [0.717, 1.165) is 25.0 Å². The molecule has 0 saturated heterocycles. The van der Waals surface area contributed by atoms with E-state index < -0.39 is 0 Å². The number of ketones is 1. The van der Waals surface area contributed by atoms with E-state index in [1.165, 1.54) is 5.56 Å². The van der Waals surface area contributed by atoms with Crippen molar-refractivity contribution >= 4 is 5.78 Å². The second-order valence-electron chi connectivity index (χ2n) is 6.55. The second kappa shape index (κ2) is 6.25. The average molecular weight is 271 g/mol. The van der Waals surface area contributed by atoms with Crippen molar-refractivity contribution in [3.63, 3.8) is 0 Å². The van der Waals surface area contributed by atoms with Crippen molar-refractivity contribution < 1.29 is 4.79 Å². The lowest BCUT2D eigenvalue weighted by Gasteiger charge is -2.31. The molecule has 0 aromatic heterocycles. The largest absolute Gasteiger partial charge is 0.381 e. The Hall–Kier alpha value is -1.57. The number of allylic oxidation sites excluding steroid dienone is 2. The number of hydrogen-bond donors (Lipinski definition) is 1. The maximum absolute atomic E-state index is 11.8. The molecule has 2 heteroatoms. The molecule has 1 unspecified atom stereocenters. The van der Waals surface area contributed by atoms with E-state index in [0.29, 0.717) is 12.5 Å². The third kappa shape index (κ3) is 3.96. The molecular weight excluding hydrogens is 246 g/mol. The molecule has 1 N–H and O–H groups in total. The highest BCUT2D eigenvalue weighted by molar-refractivity contribution is 5.91. The quantitative estimate of drug-likeness (QED) is 0.860. The summed E-state index contributed by atoms with van der Waals surface area (Å²) in [5, 5.41) is 3.60. The molecule has 0 spiro atoms. The van der Waals surface area contributed by atoms with Gasteiger partial charge in [0.25, 0.3) is 0 Å². The number of hydrogen-bond acceptors (Lipinski definition) is 2. The maximum Gasteiger partial charge on any atom is 0.157 e. The zero-order valence-corrected chi connectivity index (χ0v) is 12.8. The smallest absolute Gasteiger partial charge is 0.157 e. The summed E-state index contributed by atoms with van der Waals surface area (Å²) in [6, 6.07) is 10.8. The van der Waals surface area contributed by atoms with Gasteiger partial charge in [-0.25, -0.2) is 0 Å². The van der Waals surface area contributed by atoms with Crippen molar-refractivity contribution in [1.82, 2.24) is 5.32 Å². The monoisotopic (exact) mass is 271 g/mol. The summed E-state index contributed by atoms with van der Waals surface area (Å²) in [5.41, 5.74) is 2.46. The molecule has 0 bridgehead atoms. The Kier molecular flexibility index (Phi) is 4.64. The van der Waals surface area contributed by atoms with Gasteiger partial charge in [0.05, 0.1) is 6.04 Å². The lowest BCUT2D eigenvalue weighted by atomic mass is 9.78. The highest BCUT2D eigenvalue weighted by Gasteiger charge is 2.28. The van der Waals surface area contributed by atoms with Gasteiger partial charge in [-0.1, -0.05) is 57.5 Å². The van der Waals surface area contributed by atoms with Crippen LogP contribution in [-0.2, 0) is 4.79 Å². The second-order valence-corrected chi connectivity index (χ2v) is 6.55. The minimum absolute atomic E-state index is 0.0711. The summed E-state index contributed by atoms with van der Waals surface area (Å²) in [6.45, 7) is 6.52. The zero-order chi connectivity index (χ0) is 14.6. The van der Waals surface area contributed by atoms with E-state index in [-0.39, 0.29) is 11.2 Å². The predicted octanol–water partition coefficient (Wildman–Crippen LogP) is 4.39. The Labute approximate surface area is 122 Å². The Balaban J connectivity index is 2.14. The van der Waals surface area contributed by atoms with E-state index >= 15 is 0 Å². The van der Waals surface area contributed by atoms with Crippen LogP contribution in [0, 0.1) is 5.41 Å². The Morgan fingerprint density at radius 2 is 1.90 bits per heavy atom. The van der Waals surface area contributed by atoms with Gasteiger partial charge in [-0.2, -0.15) is 0 Å². The van der Waals surface area contributed by atoms with Crippen LogP contribution in [0.1, 0.15) is 58.1 Å². The molecular formula is C18H25NO. The van der Waals surface area contributed by atoms with Gasteiger partial charge in [-0.15, -0.1) is 0 Å². The van der Waals surface area contributed by atoms with Crippen molar-refractivity contribution in [3.05, 3.63) is 47.7 Å². The lowest BCUT2D eigenvalue weighted by molar-refractivity contribution is -0.117. The molecule has 1 atom stereocenters. The van der Waals surface area contributed by atoms with Crippen LogP contribution in [0.5, 0.6) is 0 Å². The van der Waals surface area contributed by atoms with Crippen LogP contribution in [0.25, 0.3) is 0 Å². The normalized spacial score (nSPS) is 19.4. The molecule has 1 aliphatic rings. The molecule has 0 saturated carbocycles. The van der Waals surface area contributed by atoms with E-state index in [2.05, 4.69) is 50.4 Å². The fourth-order valence-corrected chi connectivity index (χ4v) is 2.96. The number of carbonyl (C=O) groups excluding carboxylic acids is 1. The maximum atomic E-state index is 11.8. The third-order valence-corrected chi connectivity index (χ3v) is 3.80. The Morgan fingerprint density at radius 1 is 1.20 bits per heavy atom. The van der Waals surface area contributed by atoms with E-state index in [1.54, 1.807) is 6.08 Å². The SMILES string of the molecule is CCCC(NC1=CC(=O)CC(C)(C)C1)c1ccccc1. The van der Waals surface area contributed by atoms with Crippen LogP contribution < -0.4 is 5.32 Å². The van der Waals surface area contributed by atoms with Crippen LogP contribution in [0.4, 0.5) is 0 Å². The van der Waals surface area contributed by atoms with Crippen molar-refractivity contribution in [2.45, 2.75) is 52.5 Å². The molecule has 20 heavy (non-hydrogen) atoms. The number of carbonyl (C=O) groups is 1. The minimum atomic E-state index is 0.0711. The summed E-state index contributed by atoms with van der Waals surface area (Å²) in [4.78, 5) is 11.8. The molecule has 0 amide bonds. The first-order valence-corrected chi connectivity index (χ1v) is 7.55. The Morgan fingerprint density at radius 3 is 2.50 bits per heavy atom. The van der Waals surface area contributed by atoms with Gasteiger partial charge in [0.1, 0.15) is 0 Å². The lowest BCUT2D eigenvalue weighted by Crippen LogP contribution is -2.30. The molecule has 1 aromatic carbocycles. The van der Waals surface area contributed by atoms with Crippen LogP contribution in [0.3, 0.4) is 0 Å². The summed E-state index contributed by atoms with van der Waals surface area (Å²) in [6.07, 6.45) is 5.61. The summed E-state index contributed by atoms with van der Waals surface area (Å²) in [5.74, 6) is 0.243. The first-order valence-electron chi connectivity index (χ1n) is 7.55. The van der Waals surface area contributed by atoms with Crippen LogP contribution in [-0.4, -0.2) is 5.78 Å². The molecule has 2 rings (SSSR count). The number of nitrogens with one attached hydrogen (secondary N) is 1. The molecule has 0 aliphatic heterocycles. The fraction of sp³-hybridized carbons (Fsp3) is 0.500. The van der Waals surface area contributed by atoms with Crippen molar-refractivity contribution in [2.24, 2.45) is 5.41 Å². The van der Waals surface area contributed by atoms with Crippen molar-refractivity contribution in [1.29, 1.82) is 0 Å². The van der Waals surface area contributed by atoms with E-state index in [4.69, 9.17) is 0 Å². The molecule has 108 valence electrons. The van der Waals surface area contributed by atoms with Gasteiger partial charge in [0.15, 0.2) is 5.78 Å². The van der Waals surface area contributed by atoms with Gasteiger partial charge in [0, 0.05) is 18.2 Å². The predicted molar refractivity (Wildman–Crippen MR) is 83.3 cm³/mol. The third-order valence-electron chi connectivity index (χ3n) is 3.80. The first-order chi connectivity index (χ1) is 9.50. The van der Waals surface area contributed by atoms with Crippen LogP contribution in [0.15, 0.2) is 42.1 Å². The van der Waals surface area contributed by atoms with E-state index in [1.807, 2.05) is 6.07 Å². The van der Waals surface area contributed by atoms with Gasteiger partial charge in [-0.3, -0.25) is 4.79 Å². The first kappa shape index (κ1) is 14.8. The number of benzene rings is 1. The van der Waals surface area contributed by atoms with Gasteiger partial charge >= 0.3 is 0 Å². The zero-order valence-electron chi connectivity index (χ0n) is 12.8. The molecule has 0 heterocycles. The standard InChI is InChI=1S/C18H25NO/c1-4-8-17(14-9-6-5-7-10-14)19-15-11-16(20)13-18(2,3)12-15/h5-7,9-11,17,19H,4,8,12-13H2,1-3H3. The molecule has 0 fully saturated rings. The molecule has 0 radical (unpaired) electrons. The van der Waals surface area contributed by atoms with Crippen molar-refractivity contribution in [2.75, 3.05) is 0 Å². The molecule has 1 aliphatic carbocycles. The molecule has 2 nitrogen and oxygen atoms in total. The highest BCUT2D eigenvalue weighted by Crippen LogP contribution is 2.34. The van der Waals surface area contributed by atoms with Crippen LogP contribution >= 0.6 is 0 Å². The average Bonchev–Trinajstić information content (AvgIpc) is 2.37. The summed E-state index contributed by atoms with van der Waals surface area (Å²) < 4.78 is 0. The Bertz CT molecular complexity index is 487. The van der Waals surface area contributed by atoms with Gasteiger partial charge in [-0.05, 0) is 23.8 Å². The van der Waals surface area contributed by atoms with Gasteiger partial charge < -0.3 is 5.32 Å². The van der Waals surface area contributed by atoms with Gasteiger partial charge in [0.2, 0.25) is 0 Å². The summed E-state index contributed by atoms with van der Waals surface area (Å²) in [7, 11) is 0. The minimum Gasteiger partial charge on any atom is -0.381 e. The van der Waals surface area contributed by atoms with Crippen molar-refractivity contribution in [3.8, 4) is 0 Å². The topological polar surface area (TPSA) is 29.1 Å². The van der Waals surface area contributed by atoms with E-state index in [9.17, 15) is 4.79 Å². The highest BCUT2D eigenvalue weighted by atomic mass is 16.1. The summed E-state index contributed by atoms with van der Waals surface area (Å²) >= 11 is 0. The fourth-order valence-electron chi connectivity index (χ4n) is 2.96. The van der Waals surface area contributed by atoms with Crippen LogP contribution in [0.2, 0.25) is 0 Å².